The van der Waals surface area contributed by atoms with Crippen molar-refractivity contribution < 1.29 is 19.5 Å². The normalized spacial score (nSPS) is 9.09. The second-order valence-electron chi connectivity index (χ2n) is 1.72. The van der Waals surface area contributed by atoms with Gasteiger partial charge in [-0.2, -0.15) is 0 Å². The van der Waals surface area contributed by atoms with Crippen LogP contribution in [0.5, 0.6) is 0 Å². The zero-order valence-corrected chi connectivity index (χ0v) is 11.6. The van der Waals surface area contributed by atoms with Crippen LogP contribution in [0, 0.1) is 0 Å². The van der Waals surface area contributed by atoms with Crippen LogP contribution >= 0.6 is 47.4 Å². The van der Waals surface area contributed by atoms with Crippen LogP contribution in [0.25, 0.3) is 0 Å². The molecule has 5 heteroatoms. The zero-order chi connectivity index (χ0) is 7.72. The average Bonchev–Trinajstić information content (AvgIpc) is 1.82. The molecular weight excluding hydrogens is 276 g/mol. The van der Waals surface area contributed by atoms with E-state index in [1.165, 1.54) is 0 Å². The molecule has 11 heavy (non-hydrogen) atoms. The summed E-state index contributed by atoms with van der Waals surface area (Å²) in [6, 6.07) is 3.19. The fourth-order valence-electron chi connectivity index (χ4n) is 0.535. The third-order valence-corrected chi connectivity index (χ3v) is 2.54. The van der Waals surface area contributed by atoms with Crippen molar-refractivity contribution in [1.82, 2.24) is 0 Å². The predicted molar refractivity (Wildman–Crippen MR) is 48.7 cm³/mol. The number of rotatable bonds is 0. The van der Waals surface area contributed by atoms with Gasteiger partial charge in [0.25, 0.3) is 0 Å². The maximum Gasteiger partial charge on any atom is 0.0569 e. The molecule has 1 aromatic rings. The van der Waals surface area contributed by atoms with Gasteiger partial charge in [0, 0.05) is 29.4 Å². The molecule has 0 aliphatic carbocycles. The van der Waals surface area contributed by atoms with E-state index in [1.54, 1.807) is 12.1 Å². The second kappa shape index (κ2) is 4.94. The summed E-state index contributed by atoms with van der Waals surface area (Å²) in [6.07, 6.45) is 0. The first-order valence-electron chi connectivity index (χ1n) is 2.45. The third-order valence-electron chi connectivity index (χ3n) is 0.982. The molecule has 0 spiro atoms. The second-order valence-corrected chi connectivity index (χ2v) is 3.42. The van der Waals surface area contributed by atoms with E-state index in [1.807, 2.05) is 0 Å². The standard InChI is InChI=1S/C6H3Cl3S.Zn/c7-3-1-4(8)6(10)5(9)2-3;/h1-2,10H;. The van der Waals surface area contributed by atoms with Crippen molar-refractivity contribution in [3.05, 3.63) is 27.2 Å². The van der Waals surface area contributed by atoms with Crippen LogP contribution in [0.3, 0.4) is 0 Å². The Morgan fingerprint density at radius 3 is 1.73 bits per heavy atom. The quantitative estimate of drug-likeness (QED) is 0.539. The topological polar surface area (TPSA) is 0 Å². The monoisotopic (exact) mass is 276 g/mol. The summed E-state index contributed by atoms with van der Waals surface area (Å²) < 4.78 is 0. The van der Waals surface area contributed by atoms with Crippen molar-refractivity contribution >= 4 is 47.4 Å². The molecule has 0 nitrogen and oxygen atoms in total. The zero-order valence-electron chi connectivity index (χ0n) is 5.44. The van der Waals surface area contributed by atoms with Crippen LogP contribution in [0.4, 0.5) is 0 Å². The Hall–Kier alpha value is 1.06. The van der Waals surface area contributed by atoms with Gasteiger partial charge < -0.3 is 0 Å². The van der Waals surface area contributed by atoms with Crippen LogP contribution in [0.1, 0.15) is 0 Å². The number of thiol groups is 1. The van der Waals surface area contributed by atoms with Crippen LogP contribution in [0.15, 0.2) is 17.0 Å². The summed E-state index contributed by atoms with van der Waals surface area (Å²) in [7, 11) is 0. The molecule has 0 unspecified atom stereocenters. The Kier molecular flexibility index (Phi) is 5.42. The van der Waals surface area contributed by atoms with E-state index in [-0.39, 0.29) is 19.5 Å². The summed E-state index contributed by atoms with van der Waals surface area (Å²) in [4.78, 5) is 0.563. The molecule has 0 heterocycles. The number of halogens is 3. The molecule has 1 aromatic carbocycles. The molecule has 1 rings (SSSR count). The molecule has 0 saturated heterocycles. The minimum absolute atomic E-state index is 0. The van der Waals surface area contributed by atoms with Gasteiger partial charge in [0.05, 0.1) is 10.0 Å². The van der Waals surface area contributed by atoms with Gasteiger partial charge in [-0.3, -0.25) is 0 Å². The Morgan fingerprint density at radius 2 is 1.36 bits per heavy atom. The molecule has 0 radical (unpaired) electrons. The van der Waals surface area contributed by atoms with Gasteiger partial charge in [0.2, 0.25) is 0 Å². The van der Waals surface area contributed by atoms with Gasteiger partial charge in [0.15, 0.2) is 0 Å². The molecule has 0 atom stereocenters. The molecule has 0 N–H and O–H groups in total. The van der Waals surface area contributed by atoms with E-state index in [2.05, 4.69) is 12.6 Å². The molecular formula is C6H3Cl3SZn. The Bertz CT molecular complexity index is 241. The molecule has 0 aliphatic rings. The Balaban J connectivity index is 0.000001000. The molecule has 0 bridgehead atoms. The van der Waals surface area contributed by atoms with Crippen LogP contribution in [0.2, 0.25) is 15.1 Å². The van der Waals surface area contributed by atoms with Crippen molar-refractivity contribution in [1.29, 1.82) is 0 Å². The third kappa shape index (κ3) is 3.12. The van der Waals surface area contributed by atoms with Crippen molar-refractivity contribution in [2.45, 2.75) is 4.90 Å². The maximum atomic E-state index is 5.67. The summed E-state index contributed by atoms with van der Waals surface area (Å²) in [5, 5.41) is 1.47. The van der Waals surface area contributed by atoms with Gasteiger partial charge in [-0.25, -0.2) is 0 Å². The summed E-state index contributed by atoms with van der Waals surface area (Å²) in [5.74, 6) is 0. The molecule has 0 amide bonds. The van der Waals surface area contributed by atoms with Crippen LogP contribution in [-0.2, 0) is 19.5 Å². The van der Waals surface area contributed by atoms with E-state index in [0.29, 0.717) is 20.0 Å². The largest absolute Gasteiger partial charge is 0.140 e. The first-order chi connectivity index (χ1) is 4.61. The average molecular weight is 279 g/mol. The smallest absolute Gasteiger partial charge is 0.0569 e. The van der Waals surface area contributed by atoms with E-state index >= 15 is 0 Å². The van der Waals surface area contributed by atoms with Crippen LogP contribution in [-0.4, -0.2) is 0 Å². The van der Waals surface area contributed by atoms with E-state index in [9.17, 15) is 0 Å². The molecule has 0 fully saturated rings. The van der Waals surface area contributed by atoms with Crippen LogP contribution < -0.4 is 0 Å². The van der Waals surface area contributed by atoms with E-state index in [4.69, 9.17) is 34.8 Å². The van der Waals surface area contributed by atoms with Gasteiger partial charge in [-0.05, 0) is 12.1 Å². The molecule has 56 valence electrons. The first-order valence-corrected chi connectivity index (χ1v) is 4.03. The molecule has 0 aromatic heterocycles. The van der Waals surface area contributed by atoms with Crippen molar-refractivity contribution in [2.24, 2.45) is 0 Å². The first kappa shape index (κ1) is 12.1. The van der Waals surface area contributed by atoms with E-state index < -0.39 is 0 Å². The number of benzene rings is 1. The summed E-state index contributed by atoms with van der Waals surface area (Å²) >= 11 is 21.0. The minimum atomic E-state index is 0. The van der Waals surface area contributed by atoms with E-state index in [0.717, 1.165) is 0 Å². The Morgan fingerprint density at radius 1 is 1.00 bits per heavy atom. The van der Waals surface area contributed by atoms with Gasteiger partial charge in [0.1, 0.15) is 0 Å². The number of hydrogen-bond acceptors (Lipinski definition) is 1. The Labute approximate surface area is 98.4 Å². The maximum absolute atomic E-state index is 5.67. The van der Waals surface area contributed by atoms with Crippen molar-refractivity contribution in [3.8, 4) is 0 Å². The fraction of sp³-hybridized carbons (Fsp3) is 0. The molecule has 0 aliphatic heterocycles. The van der Waals surface area contributed by atoms with Crippen molar-refractivity contribution in [2.75, 3.05) is 0 Å². The number of hydrogen-bond donors (Lipinski definition) is 1. The summed E-state index contributed by atoms with van der Waals surface area (Å²) in [5.41, 5.74) is 0. The molecule has 0 saturated carbocycles. The van der Waals surface area contributed by atoms with Crippen molar-refractivity contribution in [3.63, 3.8) is 0 Å². The fourth-order valence-corrected chi connectivity index (χ4v) is 1.48. The van der Waals surface area contributed by atoms with Gasteiger partial charge in [-0.15, -0.1) is 12.6 Å². The van der Waals surface area contributed by atoms with Gasteiger partial charge in [-0.1, -0.05) is 34.8 Å². The van der Waals surface area contributed by atoms with Gasteiger partial charge >= 0.3 is 0 Å². The minimum Gasteiger partial charge on any atom is -0.140 e. The SMILES string of the molecule is Sc1c(Cl)cc(Cl)cc1Cl.[Zn]. The predicted octanol–water partition coefficient (Wildman–Crippen LogP) is 3.93. The summed E-state index contributed by atoms with van der Waals surface area (Å²) in [6.45, 7) is 0.